The van der Waals surface area contributed by atoms with E-state index in [2.05, 4.69) is 15.0 Å². The second kappa shape index (κ2) is 16.7. The molecule has 3 aliphatic rings. The van der Waals surface area contributed by atoms with Crippen LogP contribution in [0.2, 0.25) is 0 Å². The molecule has 2 saturated heterocycles. The van der Waals surface area contributed by atoms with Crippen molar-refractivity contribution in [1.82, 2.24) is 44.6 Å². The van der Waals surface area contributed by atoms with Crippen LogP contribution in [0.5, 0.6) is 0 Å². The van der Waals surface area contributed by atoms with Gasteiger partial charge in [-0.1, -0.05) is 57.0 Å². The molecule has 0 radical (unpaired) electrons. The SMILES string of the molecule is COC(=O)N(CC(=O)N1CCCC1c1ncc(-c2ccc3nc(-c4ccc(-c5cnc(C6CCCN6C(=O)[C@@](C)(OC(N)=O)C(C)C)[nH]5)cc4)cnc3c2)[nH]1)C1CCCC1. The lowest BCUT2D eigenvalue weighted by molar-refractivity contribution is -0.155. The van der Waals surface area contributed by atoms with Gasteiger partial charge in [-0.05, 0) is 63.1 Å². The second-order valence-corrected chi connectivity index (χ2v) is 16.5. The van der Waals surface area contributed by atoms with Crippen LogP contribution in [0.25, 0.3) is 44.8 Å². The van der Waals surface area contributed by atoms with Gasteiger partial charge in [-0.15, -0.1) is 0 Å². The highest BCUT2D eigenvalue weighted by Crippen LogP contribution is 2.37. The molecule has 5 heterocycles. The zero-order chi connectivity index (χ0) is 42.1. The first kappa shape index (κ1) is 40.5. The van der Waals surface area contributed by atoms with Gasteiger partial charge in [-0.25, -0.2) is 24.5 Å². The summed E-state index contributed by atoms with van der Waals surface area (Å²) in [6, 6.07) is 13.4. The van der Waals surface area contributed by atoms with Crippen LogP contribution in [0.15, 0.2) is 61.1 Å². The highest BCUT2D eigenvalue weighted by atomic mass is 16.6. The Bertz CT molecular complexity index is 2390. The fraction of sp³-hybridized carbons (Fsp3) is 0.455. The van der Waals surface area contributed by atoms with Crippen molar-refractivity contribution in [3.05, 3.63) is 72.7 Å². The van der Waals surface area contributed by atoms with Crippen LogP contribution in [0.3, 0.4) is 0 Å². The Morgan fingerprint density at radius 1 is 0.800 bits per heavy atom. The molecule has 314 valence electrons. The van der Waals surface area contributed by atoms with Gasteiger partial charge in [-0.3, -0.25) is 19.5 Å². The van der Waals surface area contributed by atoms with Gasteiger partial charge in [-0.2, -0.15) is 0 Å². The van der Waals surface area contributed by atoms with E-state index in [0.717, 1.165) is 102 Å². The van der Waals surface area contributed by atoms with Gasteiger partial charge in [0.2, 0.25) is 5.91 Å². The van der Waals surface area contributed by atoms with Crippen LogP contribution in [0.4, 0.5) is 9.59 Å². The van der Waals surface area contributed by atoms with Gasteiger partial charge in [0, 0.05) is 36.2 Å². The minimum Gasteiger partial charge on any atom is -0.453 e. The van der Waals surface area contributed by atoms with Gasteiger partial charge < -0.3 is 35.0 Å². The monoisotopic (exact) mass is 816 g/mol. The number of hydrogen-bond donors (Lipinski definition) is 3. The predicted octanol–water partition coefficient (Wildman–Crippen LogP) is 6.93. The zero-order valence-corrected chi connectivity index (χ0v) is 34.5. The minimum absolute atomic E-state index is 0.00322. The lowest BCUT2D eigenvalue weighted by Crippen LogP contribution is -2.53. The zero-order valence-electron chi connectivity index (χ0n) is 34.5. The molecule has 0 bridgehead atoms. The number of likely N-dealkylation sites (tertiary alicyclic amines) is 2. The van der Waals surface area contributed by atoms with Crippen LogP contribution in [0.1, 0.15) is 95.9 Å². The molecule has 1 saturated carbocycles. The standard InChI is InChI=1S/C44H52N10O6/c1-26(2)44(3,60-42(45)57)41(56)53-20-8-12-37(53)40-47-23-34(50-40)28-15-13-27(14-16-28)33-22-46-32-21-29(17-18-31(32)49-33)35-24-48-39(51-35)36-11-7-19-52(36)38(55)25-54(43(58)59-4)30-9-5-6-10-30/h13-18,21-24,26,30,36-37H,5-12,19-20,25H2,1-4H3,(H2,45,57)(H,47,50)(H,48,51)/t36?,37?,44-/m0/s1. The van der Waals surface area contributed by atoms with Crippen LogP contribution < -0.4 is 5.73 Å². The Morgan fingerprint density at radius 3 is 2.03 bits per heavy atom. The quantitative estimate of drug-likeness (QED) is 0.125. The summed E-state index contributed by atoms with van der Waals surface area (Å²) < 4.78 is 10.4. The van der Waals surface area contributed by atoms with Crippen LogP contribution >= 0.6 is 0 Å². The van der Waals surface area contributed by atoms with Gasteiger partial charge >= 0.3 is 12.2 Å². The van der Waals surface area contributed by atoms with Gasteiger partial charge in [0.25, 0.3) is 5.91 Å². The molecule has 3 fully saturated rings. The van der Waals surface area contributed by atoms with Crippen molar-refractivity contribution in [3.63, 3.8) is 0 Å². The topological polar surface area (TPSA) is 206 Å². The number of methoxy groups -OCH3 is 1. The number of benzene rings is 2. The summed E-state index contributed by atoms with van der Waals surface area (Å²) in [7, 11) is 1.36. The normalized spacial score (nSPS) is 19.2. The van der Waals surface area contributed by atoms with Crippen molar-refractivity contribution in [3.8, 4) is 33.8 Å². The van der Waals surface area contributed by atoms with Crippen molar-refractivity contribution < 1.29 is 28.7 Å². The number of fused-ring (bicyclic) bond motifs is 1. The number of hydrogen-bond acceptors (Lipinski definition) is 10. The Hall–Kier alpha value is -6.32. The number of carbonyl (C=O) groups is 4. The molecule has 60 heavy (non-hydrogen) atoms. The molecular weight excluding hydrogens is 765 g/mol. The number of ether oxygens (including phenoxy) is 2. The number of nitrogens with one attached hydrogen (secondary N) is 2. The highest BCUT2D eigenvalue weighted by Gasteiger charge is 2.47. The highest BCUT2D eigenvalue weighted by molar-refractivity contribution is 5.88. The molecule has 2 aromatic carbocycles. The lowest BCUT2D eigenvalue weighted by atomic mass is 9.90. The maximum absolute atomic E-state index is 13.7. The van der Waals surface area contributed by atoms with E-state index in [1.807, 2.05) is 61.2 Å². The van der Waals surface area contributed by atoms with E-state index in [9.17, 15) is 19.2 Å². The molecule has 5 aromatic rings. The summed E-state index contributed by atoms with van der Waals surface area (Å²) >= 11 is 0. The Balaban J connectivity index is 0.932. The number of aromatic amines is 2. The van der Waals surface area contributed by atoms with Crippen LogP contribution in [-0.4, -0.2) is 107 Å². The van der Waals surface area contributed by atoms with E-state index in [4.69, 9.17) is 30.2 Å². The number of primary amides is 1. The van der Waals surface area contributed by atoms with E-state index in [1.165, 1.54) is 7.11 Å². The molecule has 3 aromatic heterocycles. The van der Waals surface area contributed by atoms with Crippen molar-refractivity contribution in [2.24, 2.45) is 11.7 Å². The van der Waals surface area contributed by atoms with Crippen molar-refractivity contribution in [2.45, 2.75) is 95.9 Å². The molecule has 16 nitrogen and oxygen atoms in total. The summed E-state index contributed by atoms with van der Waals surface area (Å²) in [5.74, 6) is 0.728. The third-order valence-electron chi connectivity index (χ3n) is 12.6. The molecule has 16 heteroatoms. The smallest absolute Gasteiger partial charge is 0.410 e. The fourth-order valence-corrected chi connectivity index (χ4v) is 8.90. The molecule has 8 rings (SSSR count). The Kier molecular flexibility index (Phi) is 11.3. The van der Waals surface area contributed by atoms with E-state index in [0.29, 0.717) is 18.9 Å². The molecule has 4 N–H and O–H groups in total. The van der Waals surface area contributed by atoms with Crippen LogP contribution in [0, 0.1) is 5.92 Å². The minimum atomic E-state index is -1.38. The second-order valence-electron chi connectivity index (χ2n) is 16.5. The first-order valence-electron chi connectivity index (χ1n) is 20.8. The molecule has 1 aliphatic carbocycles. The number of rotatable bonds is 11. The summed E-state index contributed by atoms with van der Waals surface area (Å²) in [4.78, 5) is 82.7. The predicted molar refractivity (Wildman–Crippen MR) is 223 cm³/mol. The van der Waals surface area contributed by atoms with Crippen molar-refractivity contribution >= 4 is 35.0 Å². The average molecular weight is 817 g/mol. The van der Waals surface area contributed by atoms with E-state index < -0.39 is 17.8 Å². The van der Waals surface area contributed by atoms with E-state index >= 15 is 0 Å². The van der Waals surface area contributed by atoms with Gasteiger partial charge in [0.05, 0.1) is 65.9 Å². The first-order chi connectivity index (χ1) is 28.9. The number of amides is 4. The summed E-state index contributed by atoms with van der Waals surface area (Å²) in [5, 5.41) is 0. The molecular formula is C44H52N10O6. The third kappa shape index (κ3) is 7.89. The molecule has 0 spiro atoms. The Morgan fingerprint density at radius 2 is 1.40 bits per heavy atom. The number of aromatic nitrogens is 6. The number of nitrogens with zero attached hydrogens (tertiary/aromatic N) is 7. The van der Waals surface area contributed by atoms with E-state index in [1.54, 1.807) is 35.3 Å². The fourth-order valence-electron chi connectivity index (χ4n) is 8.90. The lowest BCUT2D eigenvalue weighted by Gasteiger charge is -2.36. The first-order valence-corrected chi connectivity index (χ1v) is 20.8. The maximum Gasteiger partial charge on any atom is 0.410 e. The average Bonchev–Trinajstić information content (AvgIpc) is 4.11. The van der Waals surface area contributed by atoms with Crippen molar-refractivity contribution in [2.75, 3.05) is 26.7 Å². The van der Waals surface area contributed by atoms with Gasteiger partial charge in [0.15, 0.2) is 5.60 Å². The largest absolute Gasteiger partial charge is 0.453 e. The third-order valence-corrected chi connectivity index (χ3v) is 12.6. The van der Waals surface area contributed by atoms with E-state index in [-0.39, 0.29) is 42.4 Å². The molecule has 4 amide bonds. The number of imidazole rings is 2. The molecule has 2 aliphatic heterocycles. The number of carbonyl (C=O) groups excluding carboxylic acids is 4. The number of nitrogens with two attached hydrogens (primary N) is 1. The summed E-state index contributed by atoms with van der Waals surface area (Å²) in [5.41, 5.74) is 10.5. The molecule has 2 unspecified atom stereocenters. The Labute approximate surface area is 348 Å². The summed E-state index contributed by atoms with van der Waals surface area (Å²) in [6.07, 6.45) is 10.9. The van der Waals surface area contributed by atoms with Gasteiger partial charge in [0.1, 0.15) is 18.2 Å². The molecule has 3 atom stereocenters. The maximum atomic E-state index is 13.7. The van der Waals surface area contributed by atoms with Crippen molar-refractivity contribution in [1.29, 1.82) is 0 Å². The van der Waals surface area contributed by atoms with Crippen LogP contribution in [-0.2, 0) is 19.1 Å². The summed E-state index contributed by atoms with van der Waals surface area (Å²) in [6.45, 7) is 6.41. The number of H-pyrrole nitrogens is 2.